The quantitative estimate of drug-likeness (QED) is 0.854. The van der Waals surface area contributed by atoms with Crippen molar-refractivity contribution in [2.45, 2.75) is 13.8 Å². The van der Waals surface area contributed by atoms with Gasteiger partial charge in [-0.1, -0.05) is 17.7 Å². The average molecular weight is 342 g/mol. The lowest BCUT2D eigenvalue weighted by Gasteiger charge is -2.08. The third-order valence-electron chi connectivity index (χ3n) is 2.52. The zero-order valence-electron chi connectivity index (χ0n) is 9.44. The number of hydrogen-bond donors (Lipinski definition) is 1. The summed E-state index contributed by atoms with van der Waals surface area (Å²) < 4.78 is 2.26. The number of nitrogens with zero attached hydrogens (tertiary/aromatic N) is 2. The van der Waals surface area contributed by atoms with E-state index in [1.807, 2.05) is 54.6 Å². The summed E-state index contributed by atoms with van der Waals surface area (Å²) in [6, 6.07) is 5.99. The Labute approximate surface area is 112 Å². The molecule has 0 bridgehead atoms. The Hall–Kier alpha value is -1.37. The van der Waals surface area contributed by atoms with E-state index in [0.29, 0.717) is 3.70 Å². The molecule has 0 aliphatic rings. The van der Waals surface area contributed by atoms with Crippen molar-refractivity contribution in [3.05, 3.63) is 44.8 Å². The number of benzene rings is 1. The summed E-state index contributed by atoms with van der Waals surface area (Å²) in [6.07, 6.45) is 1.38. The van der Waals surface area contributed by atoms with Crippen LogP contribution in [-0.4, -0.2) is 20.9 Å². The molecule has 0 fully saturated rings. The lowest BCUT2D eigenvalue weighted by atomic mass is 10.1. The monoisotopic (exact) mass is 342 g/mol. The number of aryl methyl sites for hydroxylation is 2. The fraction of sp³-hybridized carbons (Fsp3) is 0.167. The third kappa shape index (κ3) is 2.19. The van der Waals surface area contributed by atoms with E-state index in [1.165, 1.54) is 11.8 Å². The Morgan fingerprint density at radius 3 is 2.65 bits per heavy atom. The van der Waals surface area contributed by atoms with Gasteiger partial charge in [-0.15, -0.1) is 0 Å². The van der Waals surface area contributed by atoms with Gasteiger partial charge in [0.25, 0.3) is 0 Å². The standard InChI is InChI=1S/C12H11IN2O2/c1-7-3-4-10(8(2)5-7)15-11(13)9(6-14-15)12(16)17/h3-6H,1-2H3,(H,16,17). The number of rotatable bonds is 2. The minimum atomic E-state index is -0.953. The van der Waals surface area contributed by atoms with Gasteiger partial charge in [0, 0.05) is 0 Å². The molecule has 0 aliphatic carbocycles. The second kappa shape index (κ2) is 4.48. The zero-order valence-corrected chi connectivity index (χ0v) is 11.6. The summed E-state index contributed by atoms with van der Waals surface area (Å²) in [4.78, 5) is 10.9. The van der Waals surface area contributed by atoms with Crippen LogP contribution in [-0.2, 0) is 0 Å². The van der Waals surface area contributed by atoms with Crippen molar-refractivity contribution < 1.29 is 9.90 Å². The Morgan fingerprint density at radius 1 is 1.41 bits per heavy atom. The number of carbonyl (C=O) groups is 1. The maximum Gasteiger partial charge on any atom is 0.340 e. The molecule has 5 heteroatoms. The summed E-state index contributed by atoms with van der Waals surface area (Å²) >= 11 is 2.00. The van der Waals surface area contributed by atoms with E-state index in [-0.39, 0.29) is 5.56 Å². The van der Waals surface area contributed by atoms with Crippen molar-refractivity contribution >= 4 is 28.6 Å². The minimum Gasteiger partial charge on any atom is -0.478 e. The van der Waals surface area contributed by atoms with Gasteiger partial charge >= 0.3 is 5.97 Å². The molecule has 0 saturated heterocycles. The van der Waals surface area contributed by atoms with Crippen LogP contribution in [0.1, 0.15) is 21.5 Å². The van der Waals surface area contributed by atoms with Crippen molar-refractivity contribution in [1.82, 2.24) is 9.78 Å². The molecule has 17 heavy (non-hydrogen) atoms. The average Bonchev–Trinajstić information content (AvgIpc) is 2.60. The Morgan fingerprint density at radius 2 is 2.12 bits per heavy atom. The van der Waals surface area contributed by atoms with E-state index >= 15 is 0 Å². The summed E-state index contributed by atoms with van der Waals surface area (Å²) in [5.41, 5.74) is 3.38. The maximum absolute atomic E-state index is 10.9. The number of halogens is 1. The molecule has 1 heterocycles. The third-order valence-corrected chi connectivity index (χ3v) is 3.56. The smallest absolute Gasteiger partial charge is 0.340 e. The number of aromatic carboxylic acids is 1. The number of carboxylic acids is 1. The molecular weight excluding hydrogens is 331 g/mol. The lowest BCUT2D eigenvalue weighted by Crippen LogP contribution is -2.04. The topological polar surface area (TPSA) is 55.1 Å². The van der Waals surface area contributed by atoms with E-state index in [9.17, 15) is 4.79 Å². The highest BCUT2D eigenvalue weighted by Gasteiger charge is 2.16. The molecule has 0 atom stereocenters. The molecule has 0 unspecified atom stereocenters. The molecule has 0 saturated carbocycles. The predicted molar refractivity (Wildman–Crippen MR) is 72.7 cm³/mol. The normalized spacial score (nSPS) is 10.5. The van der Waals surface area contributed by atoms with E-state index in [2.05, 4.69) is 5.10 Å². The van der Waals surface area contributed by atoms with Crippen molar-refractivity contribution in [1.29, 1.82) is 0 Å². The summed E-state index contributed by atoms with van der Waals surface area (Å²) in [6.45, 7) is 4.01. The van der Waals surface area contributed by atoms with E-state index in [0.717, 1.165) is 11.3 Å². The highest BCUT2D eigenvalue weighted by atomic mass is 127. The first-order valence-electron chi connectivity index (χ1n) is 5.05. The first-order valence-corrected chi connectivity index (χ1v) is 6.13. The minimum absolute atomic E-state index is 0.227. The number of hydrogen-bond acceptors (Lipinski definition) is 2. The Balaban J connectivity index is 2.57. The van der Waals surface area contributed by atoms with E-state index in [4.69, 9.17) is 5.11 Å². The summed E-state index contributed by atoms with van der Waals surface area (Å²) in [5.74, 6) is -0.953. The van der Waals surface area contributed by atoms with Crippen LogP contribution in [0.25, 0.3) is 5.69 Å². The molecule has 1 N–H and O–H groups in total. The van der Waals surface area contributed by atoms with Crippen LogP contribution in [0.2, 0.25) is 0 Å². The van der Waals surface area contributed by atoms with Gasteiger partial charge in [0.15, 0.2) is 0 Å². The fourth-order valence-electron chi connectivity index (χ4n) is 1.69. The fourth-order valence-corrected chi connectivity index (χ4v) is 2.44. The zero-order chi connectivity index (χ0) is 12.6. The van der Waals surface area contributed by atoms with Crippen molar-refractivity contribution in [2.75, 3.05) is 0 Å². The van der Waals surface area contributed by atoms with Crippen LogP contribution in [0.5, 0.6) is 0 Å². The highest BCUT2D eigenvalue weighted by Crippen LogP contribution is 2.20. The predicted octanol–water partition coefficient (Wildman–Crippen LogP) is 2.79. The van der Waals surface area contributed by atoms with Gasteiger partial charge in [0.05, 0.1) is 11.9 Å². The molecule has 2 aromatic rings. The van der Waals surface area contributed by atoms with Gasteiger partial charge in [0.1, 0.15) is 9.26 Å². The SMILES string of the molecule is Cc1ccc(-n2ncc(C(=O)O)c2I)c(C)c1. The van der Waals surface area contributed by atoms with Gasteiger partial charge in [-0.05, 0) is 48.1 Å². The molecule has 0 aliphatic heterocycles. The van der Waals surface area contributed by atoms with Crippen LogP contribution >= 0.6 is 22.6 Å². The molecule has 0 radical (unpaired) electrons. The van der Waals surface area contributed by atoms with Crippen molar-refractivity contribution in [3.63, 3.8) is 0 Å². The van der Waals surface area contributed by atoms with Crippen LogP contribution in [0, 0.1) is 17.5 Å². The molecule has 1 aromatic carbocycles. The van der Waals surface area contributed by atoms with Crippen LogP contribution in [0.4, 0.5) is 0 Å². The van der Waals surface area contributed by atoms with Crippen LogP contribution in [0.3, 0.4) is 0 Å². The van der Waals surface area contributed by atoms with Gasteiger partial charge in [0.2, 0.25) is 0 Å². The van der Waals surface area contributed by atoms with Crippen molar-refractivity contribution in [2.24, 2.45) is 0 Å². The van der Waals surface area contributed by atoms with E-state index in [1.54, 1.807) is 4.68 Å². The van der Waals surface area contributed by atoms with Gasteiger partial charge in [-0.2, -0.15) is 5.10 Å². The van der Waals surface area contributed by atoms with E-state index < -0.39 is 5.97 Å². The number of aromatic nitrogens is 2. The van der Waals surface area contributed by atoms with Crippen LogP contribution in [0.15, 0.2) is 24.4 Å². The molecule has 0 spiro atoms. The molecule has 0 amide bonds. The number of carboxylic acid groups (broad SMARTS) is 1. The molecule has 1 aromatic heterocycles. The van der Waals surface area contributed by atoms with Gasteiger partial charge in [-0.3, -0.25) is 0 Å². The molecule has 4 nitrogen and oxygen atoms in total. The second-order valence-corrected chi connectivity index (χ2v) is 4.88. The van der Waals surface area contributed by atoms with Crippen molar-refractivity contribution in [3.8, 4) is 5.69 Å². The molecular formula is C12H11IN2O2. The highest BCUT2D eigenvalue weighted by molar-refractivity contribution is 14.1. The lowest BCUT2D eigenvalue weighted by molar-refractivity contribution is 0.0695. The van der Waals surface area contributed by atoms with Crippen LogP contribution < -0.4 is 0 Å². The first kappa shape index (κ1) is 12.1. The van der Waals surface area contributed by atoms with Gasteiger partial charge < -0.3 is 5.11 Å². The molecule has 2 rings (SSSR count). The Bertz CT molecular complexity index is 590. The molecule has 88 valence electrons. The maximum atomic E-state index is 10.9. The largest absolute Gasteiger partial charge is 0.478 e. The van der Waals surface area contributed by atoms with Gasteiger partial charge in [-0.25, -0.2) is 9.48 Å². The second-order valence-electron chi connectivity index (χ2n) is 3.86. The first-order chi connectivity index (χ1) is 8.00. The Kier molecular flexibility index (Phi) is 3.19. The summed E-state index contributed by atoms with van der Waals surface area (Å²) in [7, 11) is 0. The summed E-state index contributed by atoms with van der Waals surface area (Å²) in [5, 5.41) is 13.1.